The monoisotopic (exact) mass is 246 g/mol. The summed E-state index contributed by atoms with van der Waals surface area (Å²) in [6.07, 6.45) is 2.32. The van der Waals surface area contributed by atoms with Gasteiger partial charge in [-0.2, -0.15) is 0 Å². The molecule has 1 aliphatic rings. The summed E-state index contributed by atoms with van der Waals surface area (Å²) in [7, 11) is 0. The molecule has 0 bridgehead atoms. The summed E-state index contributed by atoms with van der Waals surface area (Å²) in [6, 6.07) is 8.04. The number of hydrogen-bond acceptors (Lipinski definition) is 2. The van der Waals surface area contributed by atoms with Crippen molar-refractivity contribution >= 4 is 5.91 Å². The molecule has 1 saturated heterocycles. The predicted octanol–water partition coefficient (Wildman–Crippen LogP) is 2.43. The number of nitrogens with zero attached hydrogens (tertiary/aromatic N) is 1. The fourth-order valence-corrected chi connectivity index (χ4v) is 2.62. The maximum atomic E-state index is 11.7. The van der Waals surface area contributed by atoms with Crippen molar-refractivity contribution in [3.63, 3.8) is 0 Å². The molecule has 0 aromatic heterocycles. The lowest BCUT2D eigenvalue weighted by Crippen LogP contribution is -2.36. The first-order valence-electron chi connectivity index (χ1n) is 6.73. The molecule has 1 fully saturated rings. The molecule has 2 rings (SSSR count). The molecule has 0 radical (unpaired) electrons. The standard InChI is InChI=1S/C15H22N2O/c1-11(2)12-5-7-13(8-6-12)14(15(16)18)17-9-3-4-10-17/h5-8,11,14H,3-4,9-10H2,1-2H3,(H2,16,18). The van der Waals surface area contributed by atoms with Gasteiger partial charge >= 0.3 is 0 Å². The molecule has 2 N–H and O–H groups in total. The van der Waals surface area contributed by atoms with Gasteiger partial charge in [-0.25, -0.2) is 0 Å². The smallest absolute Gasteiger partial charge is 0.239 e. The van der Waals surface area contributed by atoms with E-state index in [0.717, 1.165) is 31.5 Å². The Hall–Kier alpha value is -1.35. The summed E-state index contributed by atoms with van der Waals surface area (Å²) < 4.78 is 0. The van der Waals surface area contributed by atoms with E-state index in [1.165, 1.54) is 5.56 Å². The summed E-state index contributed by atoms with van der Waals surface area (Å²) in [5, 5.41) is 0. The van der Waals surface area contributed by atoms with Crippen LogP contribution in [0.15, 0.2) is 24.3 Å². The van der Waals surface area contributed by atoms with E-state index in [9.17, 15) is 4.79 Å². The number of carbonyl (C=O) groups excluding carboxylic acids is 1. The zero-order valence-electron chi connectivity index (χ0n) is 11.2. The first kappa shape index (κ1) is 13.1. The van der Waals surface area contributed by atoms with Gasteiger partial charge in [0.1, 0.15) is 6.04 Å². The van der Waals surface area contributed by atoms with E-state index in [-0.39, 0.29) is 11.9 Å². The van der Waals surface area contributed by atoms with Crippen molar-refractivity contribution < 1.29 is 4.79 Å². The zero-order valence-corrected chi connectivity index (χ0v) is 11.2. The molecule has 1 heterocycles. The largest absolute Gasteiger partial charge is 0.368 e. The van der Waals surface area contributed by atoms with Crippen LogP contribution in [0.4, 0.5) is 0 Å². The number of nitrogens with two attached hydrogens (primary N) is 1. The fourth-order valence-electron chi connectivity index (χ4n) is 2.62. The van der Waals surface area contributed by atoms with Gasteiger partial charge in [0.15, 0.2) is 0 Å². The Kier molecular flexibility index (Phi) is 4.02. The highest BCUT2D eigenvalue weighted by atomic mass is 16.1. The van der Waals surface area contributed by atoms with Gasteiger partial charge in [0.2, 0.25) is 5.91 Å². The van der Waals surface area contributed by atoms with Gasteiger partial charge in [-0.1, -0.05) is 38.1 Å². The van der Waals surface area contributed by atoms with Crippen molar-refractivity contribution in [1.82, 2.24) is 4.90 Å². The van der Waals surface area contributed by atoms with Crippen molar-refractivity contribution in [2.45, 2.75) is 38.6 Å². The number of amides is 1. The molecule has 0 aliphatic carbocycles. The predicted molar refractivity (Wildman–Crippen MR) is 73.3 cm³/mol. The number of likely N-dealkylation sites (tertiary alicyclic amines) is 1. The van der Waals surface area contributed by atoms with Crippen LogP contribution >= 0.6 is 0 Å². The second-order valence-electron chi connectivity index (χ2n) is 5.37. The lowest BCUT2D eigenvalue weighted by molar-refractivity contribution is -0.123. The molecule has 98 valence electrons. The highest BCUT2D eigenvalue weighted by molar-refractivity contribution is 5.81. The van der Waals surface area contributed by atoms with Crippen molar-refractivity contribution in [2.75, 3.05) is 13.1 Å². The maximum absolute atomic E-state index is 11.7. The number of carbonyl (C=O) groups is 1. The maximum Gasteiger partial charge on any atom is 0.239 e. The molecular formula is C15H22N2O. The van der Waals surface area contributed by atoms with Crippen LogP contribution in [-0.4, -0.2) is 23.9 Å². The Bertz CT molecular complexity index is 405. The van der Waals surface area contributed by atoms with E-state index in [1.807, 2.05) is 12.1 Å². The van der Waals surface area contributed by atoms with Gasteiger partial charge in [0.05, 0.1) is 0 Å². The van der Waals surface area contributed by atoms with E-state index in [2.05, 4.69) is 30.9 Å². The molecule has 3 heteroatoms. The minimum absolute atomic E-state index is 0.241. The molecule has 1 aliphatic heterocycles. The summed E-state index contributed by atoms with van der Waals surface area (Å²) in [6.45, 7) is 6.28. The second-order valence-corrected chi connectivity index (χ2v) is 5.37. The van der Waals surface area contributed by atoms with Crippen molar-refractivity contribution in [3.8, 4) is 0 Å². The Morgan fingerprint density at radius 2 is 1.61 bits per heavy atom. The van der Waals surface area contributed by atoms with E-state index in [1.54, 1.807) is 0 Å². The van der Waals surface area contributed by atoms with Crippen LogP contribution in [0, 0.1) is 0 Å². The Morgan fingerprint density at radius 3 is 2.06 bits per heavy atom. The fraction of sp³-hybridized carbons (Fsp3) is 0.533. The van der Waals surface area contributed by atoms with E-state index in [4.69, 9.17) is 5.73 Å². The molecule has 1 aromatic carbocycles. The molecule has 1 amide bonds. The first-order valence-corrected chi connectivity index (χ1v) is 6.73. The third kappa shape index (κ3) is 2.72. The van der Waals surface area contributed by atoms with Gasteiger partial charge in [-0.05, 0) is 43.0 Å². The molecule has 1 atom stereocenters. The van der Waals surface area contributed by atoms with Crippen molar-refractivity contribution in [1.29, 1.82) is 0 Å². The number of hydrogen-bond donors (Lipinski definition) is 1. The Labute approximate surface area is 109 Å². The SMILES string of the molecule is CC(C)c1ccc(C(C(N)=O)N2CCCC2)cc1. The zero-order chi connectivity index (χ0) is 13.1. The van der Waals surface area contributed by atoms with Gasteiger partial charge < -0.3 is 5.73 Å². The average molecular weight is 246 g/mol. The van der Waals surface area contributed by atoms with Gasteiger partial charge in [0, 0.05) is 0 Å². The highest BCUT2D eigenvalue weighted by Crippen LogP contribution is 2.26. The van der Waals surface area contributed by atoms with Gasteiger partial charge in [-0.3, -0.25) is 9.69 Å². The minimum Gasteiger partial charge on any atom is -0.368 e. The lowest BCUT2D eigenvalue weighted by Gasteiger charge is -2.25. The molecule has 0 saturated carbocycles. The van der Waals surface area contributed by atoms with Gasteiger partial charge in [0.25, 0.3) is 0 Å². The van der Waals surface area contributed by atoms with Gasteiger partial charge in [-0.15, -0.1) is 0 Å². The number of benzene rings is 1. The molecule has 1 unspecified atom stereocenters. The molecule has 18 heavy (non-hydrogen) atoms. The normalized spacial score (nSPS) is 18.2. The van der Waals surface area contributed by atoms with Crippen LogP contribution in [0.3, 0.4) is 0 Å². The summed E-state index contributed by atoms with van der Waals surface area (Å²) in [5.74, 6) is 0.270. The topological polar surface area (TPSA) is 46.3 Å². The summed E-state index contributed by atoms with van der Waals surface area (Å²) in [4.78, 5) is 13.9. The quantitative estimate of drug-likeness (QED) is 0.887. The van der Waals surface area contributed by atoms with Crippen LogP contribution in [-0.2, 0) is 4.79 Å². The average Bonchev–Trinajstić information content (AvgIpc) is 2.83. The summed E-state index contributed by atoms with van der Waals surface area (Å²) >= 11 is 0. The van der Waals surface area contributed by atoms with Crippen LogP contribution in [0.5, 0.6) is 0 Å². The second kappa shape index (κ2) is 5.53. The third-order valence-electron chi connectivity index (χ3n) is 3.69. The van der Waals surface area contributed by atoms with Crippen LogP contribution in [0.1, 0.15) is 49.8 Å². The third-order valence-corrected chi connectivity index (χ3v) is 3.69. The Morgan fingerprint density at radius 1 is 1.11 bits per heavy atom. The van der Waals surface area contributed by atoms with E-state index >= 15 is 0 Å². The molecule has 3 nitrogen and oxygen atoms in total. The number of primary amides is 1. The highest BCUT2D eigenvalue weighted by Gasteiger charge is 2.27. The van der Waals surface area contributed by atoms with Crippen LogP contribution in [0.25, 0.3) is 0 Å². The van der Waals surface area contributed by atoms with Crippen LogP contribution in [0.2, 0.25) is 0 Å². The number of rotatable bonds is 4. The lowest BCUT2D eigenvalue weighted by atomic mass is 9.98. The summed E-state index contributed by atoms with van der Waals surface area (Å²) in [5.41, 5.74) is 7.88. The molecule has 1 aromatic rings. The van der Waals surface area contributed by atoms with E-state index in [0.29, 0.717) is 5.92 Å². The van der Waals surface area contributed by atoms with Crippen molar-refractivity contribution in [2.24, 2.45) is 5.73 Å². The van der Waals surface area contributed by atoms with E-state index < -0.39 is 0 Å². The molecule has 0 spiro atoms. The Balaban J connectivity index is 2.22. The minimum atomic E-state index is -0.256. The van der Waals surface area contributed by atoms with Crippen molar-refractivity contribution in [3.05, 3.63) is 35.4 Å². The first-order chi connectivity index (χ1) is 8.59. The van der Waals surface area contributed by atoms with Crippen LogP contribution < -0.4 is 5.73 Å². The molecular weight excluding hydrogens is 224 g/mol.